The average Bonchev–Trinajstić information content (AvgIpc) is 2.54. The van der Waals surface area contributed by atoms with Crippen molar-refractivity contribution in [1.29, 1.82) is 0 Å². The third kappa shape index (κ3) is 2.86. The first-order valence-corrected chi connectivity index (χ1v) is 6.32. The van der Waals surface area contributed by atoms with E-state index in [0.29, 0.717) is 18.4 Å². The molecule has 1 aliphatic rings. The molecule has 1 aromatic rings. The van der Waals surface area contributed by atoms with E-state index in [1.807, 2.05) is 0 Å². The van der Waals surface area contributed by atoms with Gasteiger partial charge in [-0.2, -0.15) is 13.2 Å². The summed E-state index contributed by atoms with van der Waals surface area (Å²) >= 11 is 0. The van der Waals surface area contributed by atoms with E-state index in [-0.39, 0.29) is 0 Å². The minimum Gasteiger partial charge on any atom is -0.385 e. The Hall–Kier alpha value is -1.03. The Bertz CT molecular complexity index is 386. The van der Waals surface area contributed by atoms with Crippen molar-refractivity contribution in [2.24, 2.45) is 0 Å². The highest BCUT2D eigenvalue weighted by atomic mass is 19.4. The standard InChI is InChI=1S/C14H17F3O/c15-14(16,17)12-7-5-11(6-8-12)13(18)9-3-1-2-4-10-13/h5-8,18H,1-4,9-10H2. The second-order valence-corrected chi connectivity index (χ2v) is 5.02. The molecular formula is C14H17F3O. The predicted molar refractivity (Wildman–Crippen MR) is 63.0 cm³/mol. The van der Waals surface area contributed by atoms with E-state index in [2.05, 4.69) is 0 Å². The summed E-state index contributed by atoms with van der Waals surface area (Å²) in [4.78, 5) is 0. The monoisotopic (exact) mass is 258 g/mol. The zero-order valence-corrected chi connectivity index (χ0v) is 10.1. The van der Waals surface area contributed by atoms with Crippen molar-refractivity contribution in [2.75, 3.05) is 0 Å². The zero-order valence-electron chi connectivity index (χ0n) is 10.1. The summed E-state index contributed by atoms with van der Waals surface area (Å²) in [5.41, 5.74) is -0.999. The molecule has 0 heterocycles. The first kappa shape index (κ1) is 13.4. The lowest BCUT2D eigenvalue weighted by Gasteiger charge is -2.27. The average molecular weight is 258 g/mol. The fourth-order valence-corrected chi connectivity index (χ4v) is 2.57. The van der Waals surface area contributed by atoms with E-state index in [0.717, 1.165) is 37.8 Å². The van der Waals surface area contributed by atoms with Crippen LogP contribution >= 0.6 is 0 Å². The molecule has 1 saturated carbocycles. The van der Waals surface area contributed by atoms with Crippen molar-refractivity contribution < 1.29 is 18.3 Å². The van der Waals surface area contributed by atoms with Gasteiger partial charge < -0.3 is 5.11 Å². The quantitative estimate of drug-likeness (QED) is 0.747. The van der Waals surface area contributed by atoms with Gasteiger partial charge in [-0.25, -0.2) is 0 Å². The first-order valence-electron chi connectivity index (χ1n) is 6.32. The number of benzene rings is 1. The normalized spacial score (nSPS) is 20.4. The molecule has 1 aromatic carbocycles. The molecule has 2 rings (SSSR count). The molecule has 100 valence electrons. The minimum atomic E-state index is -4.31. The number of halogens is 3. The lowest BCUT2D eigenvalue weighted by atomic mass is 9.86. The van der Waals surface area contributed by atoms with Crippen LogP contribution in [0.4, 0.5) is 13.2 Å². The van der Waals surface area contributed by atoms with Gasteiger partial charge in [-0.05, 0) is 30.5 Å². The van der Waals surface area contributed by atoms with Gasteiger partial charge in [0.15, 0.2) is 0 Å². The molecule has 0 aromatic heterocycles. The smallest absolute Gasteiger partial charge is 0.385 e. The number of aliphatic hydroxyl groups is 1. The second kappa shape index (κ2) is 4.92. The van der Waals surface area contributed by atoms with Crippen LogP contribution in [0, 0.1) is 0 Å². The predicted octanol–water partition coefficient (Wildman–Crippen LogP) is 4.25. The number of hydrogen-bond donors (Lipinski definition) is 1. The molecule has 18 heavy (non-hydrogen) atoms. The Balaban J connectivity index is 2.22. The van der Waals surface area contributed by atoms with Gasteiger partial charge in [-0.15, -0.1) is 0 Å². The van der Waals surface area contributed by atoms with E-state index in [1.54, 1.807) is 0 Å². The molecule has 0 saturated heterocycles. The maximum Gasteiger partial charge on any atom is 0.416 e. The summed E-state index contributed by atoms with van der Waals surface area (Å²) in [6, 6.07) is 4.93. The van der Waals surface area contributed by atoms with E-state index >= 15 is 0 Å². The minimum absolute atomic E-state index is 0.609. The molecule has 0 spiro atoms. The Morgan fingerprint density at radius 2 is 1.39 bits per heavy atom. The van der Waals surface area contributed by atoms with Gasteiger partial charge in [0.05, 0.1) is 11.2 Å². The third-order valence-corrected chi connectivity index (χ3v) is 3.68. The zero-order chi connectivity index (χ0) is 13.2. The summed E-state index contributed by atoms with van der Waals surface area (Å²) in [6.07, 6.45) is 0.988. The van der Waals surface area contributed by atoms with Crippen molar-refractivity contribution >= 4 is 0 Å². The maximum absolute atomic E-state index is 12.5. The van der Waals surface area contributed by atoms with Crippen molar-refractivity contribution in [3.8, 4) is 0 Å². The largest absolute Gasteiger partial charge is 0.416 e. The van der Waals surface area contributed by atoms with Crippen LogP contribution in [0.25, 0.3) is 0 Å². The molecule has 0 bridgehead atoms. The molecule has 0 radical (unpaired) electrons. The number of rotatable bonds is 1. The van der Waals surface area contributed by atoms with Crippen LogP contribution in [0.3, 0.4) is 0 Å². The fraction of sp³-hybridized carbons (Fsp3) is 0.571. The molecule has 1 N–H and O–H groups in total. The topological polar surface area (TPSA) is 20.2 Å². The van der Waals surface area contributed by atoms with Crippen molar-refractivity contribution in [2.45, 2.75) is 50.3 Å². The van der Waals surface area contributed by atoms with E-state index in [9.17, 15) is 18.3 Å². The molecule has 0 amide bonds. The fourth-order valence-electron chi connectivity index (χ4n) is 2.57. The molecule has 1 fully saturated rings. The van der Waals surface area contributed by atoms with Crippen LogP contribution in [0.1, 0.15) is 49.7 Å². The number of alkyl halides is 3. The summed E-state index contributed by atoms with van der Waals surface area (Å²) in [5.74, 6) is 0. The molecular weight excluding hydrogens is 241 g/mol. The Labute approximate surface area is 105 Å². The lowest BCUT2D eigenvalue weighted by Crippen LogP contribution is -2.24. The third-order valence-electron chi connectivity index (χ3n) is 3.68. The molecule has 0 atom stereocenters. The van der Waals surface area contributed by atoms with Gasteiger partial charge >= 0.3 is 6.18 Å². The van der Waals surface area contributed by atoms with Gasteiger partial charge in [0.2, 0.25) is 0 Å². The van der Waals surface area contributed by atoms with E-state index < -0.39 is 17.3 Å². The highest BCUT2D eigenvalue weighted by molar-refractivity contribution is 5.28. The van der Waals surface area contributed by atoms with Crippen LogP contribution in [0.15, 0.2) is 24.3 Å². The van der Waals surface area contributed by atoms with Crippen LogP contribution < -0.4 is 0 Å². The number of hydrogen-bond acceptors (Lipinski definition) is 1. The first-order chi connectivity index (χ1) is 8.42. The van der Waals surface area contributed by atoms with Gasteiger partial charge in [-0.1, -0.05) is 37.8 Å². The van der Waals surface area contributed by atoms with Crippen LogP contribution in [0.5, 0.6) is 0 Å². The summed E-state index contributed by atoms with van der Waals surface area (Å²) in [7, 11) is 0. The molecule has 1 aliphatic carbocycles. The Morgan fingerprint density at radius 3 is 1.83 bits per heavy atom. The SMILES string of the molecule is OC1(c2ccc(C(F)(F)F)cc2)CCCCCC1. The van der Waals surface area contributed by atoms with Gasteiger partial charge in [0.25, 0.3) is 0 Å². The molecule has 0 unspecified atom stereocenters. The summed E-state index contributed by atoms with van der Waals surface area (Å²) < 4.78 is 37.4. The van der Waals surface area contributed by atoms with Crippen LogP contribution in [-0.4, -0.2) is 5.11 Å². The van der Waals surface area contributed by atoms with Gasteiger partial charge in [0, 0.05) is 0 Å². The Morgan fingerprint density at radius 1 is 0.889 bits per heavy atom. The second-order valence-electron chi connectivity index (χ2n) is 5.02. The molecule has 4 heteroatoms. The highest BCUT2D eigenvalue weighted by Gasteiger charge is 2.33. The van der Waals surface area contributed by atoms with Crippen molar-refractivity contribution in [3.63, 3.8) is 0 Å². The van der Waals surface area contributed by atoms with Gasteiger partial charge in [-0.3, -0.25) is 0 Å². The summed E-state index contributed by atoms with van der Waals surface area (Å²) in [6.45, 7) is 0. The van der Waals surface area contributed by atoms with Gasteiger partial charge in [0.1, 0.15) is 0 Å². The lowest BCUT2D eigenvalue weighted by molar-refractivity contribution is -0.137. The maximum atomic E-state index is 12.5. The molecule has 0 aliphatic heterocycles. The highest BCUT2D eigenvalue weighted by Crippen LogP contribution is 2.37. The summed E-state index contributed by atoms with van der Waals surface area (Å²) in [5, 5.41) is 10.5. The van der Waals surface area contributed by atoms with E-state index in [4.69, 9.17) is 0 Å². The van der Waals surface area contributed by atoms with E-state index in [1.165, 1.54) is 12.1 Å². The van der Waals surface area contributed by atoms with Crippen LogP contribution in [0.2, 0.25) is 0 Å². The molecule has 1 nitrogen and oxygen atoms in total. The Kier molecular flexibility index (Phi) is 3.66. The van der Waals surface area contributed by atoms with Crippen LogP contribution in [-0.2, 0) is 11.8 Å². The van der Waals surface area contributed by atoms with Crippen molar-refractivity contribution in [1.82, 2.24) is 0 Å². The van der Waals surface area contributed by atoms with Crippen molar-refractivity contribution in [3.05, 3.63) is 35.4 Å².